The number of aryl methyl sites for hydroxylation is 1. The number of nitrogens with one attached hydrogen (secondary N) is 2. The molecule has 0 aliphatic heterocycles. The first kappa shape index (κ1) is 31.6. The monoisotopic (exact) mass is 658 g/mol. The molecule has 0 radical (unpaired) electrons. The lowest BCUT2D eigenvalue weighted by molar-refractivity contribution is -0.137. The third kappa shape index (κ3) is 6.85. The van der Waals surface area contributed by atoms with Gasteiger partial charge in [0.1, 0.15) is 11.2 Å². The summed E-state index contributed by atoms with van der Waals surface area (Å²) in [6.07, 6.45) is 8.53. The molecule has 0 heterocycles. The number of hydrogen-bond donors (Lipinski definition) is 2. The average Bonchev–Trinajstić information content (AvgIpc) is 2.92. The van der Waals surface area contributed by atoms with E-state index in [0.717, 1.165) is 79.7 Å². The van der Waals surface area contributed by atoms with Crippen molar-refractivity contribution in [3.63, 3.8) is 0 Å². The minimum Gasteiger partial charge on any atom is -0.443 e. The Hall–Kier alpha value is -2.94. The molecule has 8 aliphatic rings. The van der Waals surface area contributed by atoms with Gasteiger partial charge in [0.15, 0.2) is 0 Å². The Bertz CT molecular complexity index is 1410. The van der Waals surface area contributed by atoms with Crippen LogP contribution in [0.4, 0.5) is 34.1 Å². The van der Waals surface area contributed by atoms with Crippen LogP contribution in [0.3, 0.4) is 0 Å². The molecule has 2 N–H and O–H groups in total. The first-order valence-corrected chi connectivity index (χ1v) is 17.1. The summed E-state index contributed by atoms with van der Waals surface area (Å²) in [5.74, 6) is 4.31. The van der Waals surface area contributed by atoms with Gasteiger partial charge >= 0.3 is 18.4 Å². The van der Waals surface area contributed by atoms with Crippen LogP contribution in [0.15, 0.2) is 42.5 Å². The van der Waals surface area contributed by atoms with Gasteiger partial charge in [0.2, 0.25) is 0 Å². The highest BCUT2D eigenvalue weighted by Crippen LogP contribution is 2.58. The molecule has 248 valence electrons. The normalized spacial score (nSPS) is 34.8. The summed E-state index contributed by atoms with van der Waals surface area (Å²) in [5.41, 5.74) is 0.763. The summed E-state index contributed by atoms with van der Waals surface area (Å²) in [5, 5.41) is 6.14. The summed E-state index contributed by atoms with van der Waals surface area (Å²) < 4.78 is 49.4. The maximum Gasteiger partial charge on any atom is 0.416 e. The predicted molar refractivity (Wildman–Crippen MR) is 170 cm³/mol. The van der Waals surface area contributed by atoms with Crippen molar-refractivity contribution in [2.75, 3.05) is 10.6 Å². The second kappa shape index (κ2) is 11.9. The molecule has 0 saturated heterocycles. The van der Waals surface area contributed by atoms with Crippen LogP contribution >= 0.6 is 11.6 Å². The average molecular weight is 659 g/mol. The molecule has 8 aliphatic carbocycles. The van der Waals surface area contributed by atoms with Gasteiger partial charge in [0.05, 0.1) is 5.56 Å². The largest absolute Gasteiger partial charge is 0.443 e. The van der Waals surface area contributed by atoms with E-state index < -0.39 is 17.8 Å². The molecule has 46 heavy (non-hydrogen) atoms. The number of halogens is 4. The molecular weight excluding hydrogens is 617 g/mol. The number of rotatable bonds is 4. The highest BCUT2D eigenvalue weighted by Gasteiger charge is 2.54. The Morgan fingerprint density at radius 1 is 0.696 bits per heavy atom. The van der Waals surface area contributed by atoms with Crippen LogP contribution in [0.25, 0.3) is 0 Å². The molecule has 8 saturated carbocycles. The Balaban J connectivity index is 0.000000147. The van der Waals surface area contributed by atoms with E-state index >= 15 is 0 Å². The van der Waals surface area contributed by atoms with Gasteiger partial charge in [-0.25, -0.2) is 9.59 Å². The van der Waals surface area contributed by atoms with Crippen LogP contribution in [0, 0.1) is 42.4 Å². The van der Waals surface area contributed by atoms with Crippen LogP contribution < -0.4 is 10.6 Å². The van der Waals surface area contributed by atoms with Gasteiger partial charge in [-0.3, -0.25) is 10.6 Å². The van der Waals surface area contributed by atoms with E-state index in [1.165, 1.54) is 50.7 Å². The van der Waals surface area contributed by atoms with E-state index in [1.807, 2.05) is 19.1 Å². The zero-order chi connectivity index (χ0) is 32.3. The second-order valence-corrected chi connectivity index (χ2v) is 15.7. The summed E-state index contributed by atoms with van der Waals surface area (Å²) in [7, 11) is 0. The van der Waals surface area contributed by atoms with Crippen molar-refractivity contribution in [1.82, 2.24) is 0 Å². The summed E-state index contributed by atoms with van der Waals surface area (Å²) in [4.78, 5) is 24.6. The van der Waals surface area contributed by atoms with Gasteiger partial charge in [-0.05, 0) is 168 Å². The van der Waals surface area contributed by atoms with Gasteiger partial charge < -0.3 is 9.47 Å². The van der Waals surface area contributed by atoms with E-state index in [2.05, 4.69) is 10.6 Å². The third-order valence-corrected chi connectivity index (χ3v) is 11.7. The number of carbonyl (C=O) groups excluding carboxylic acids is 2. The lowest BCUT2D eigenvalue weighted by Crippen LogP contribution is -2.53. The van der Waals surface area contributed by atoms with E-state index in [-0.39, 0.29) is 17.3 Å². The molecule has 0 atom stereocenters. The van der Waals surface area contributed by atoms with E-state index in [4.69, 9.17) is 21.1 Å². The van der Waals surface area contributed by atoms with Crippen LogP contribution in [-0.2, 0) is 15.7 Å². The van der Waals surface area contributed by atoms with E-state index in [1.54, 1.807) is 6.07 Å². The molecule has 0 spiro atoms. The fraction of sp³-hybridized carbons (Fsp3) is 0.611. The molecule has 10 heteroatoms. The number of amides is 2. The molecule has 0 unspecified atom stereocenters. The van der Waals surface area contributed by atoms with Crippen LogP contribution in [0.2, 0.25) is 5.02 Å². The van der Waals surface area contributed by atoms with Crippen LogP contribution in [0.5, 0.6) is 0 Å². The first-order valence-electron chi connectivity index (χ1n) is 16.8. The summed E-state index contributed by atoms with van der Waals surface area (Å²) in [6, 6.07) is 9.89. The fourth-order valence-corrected chi connectivity index (χ4v) is 10.7. The summed E-state index contributed by atoms with van der Waals surface area (Å²) >= 11 is 5.95. The maximum atomic E-state index is 12.6. The Labute approximate surface area is 273 Å². The number of ether oxygens (including phenoxy) is 2. The van der Waals surface area contributed by atoms with E-state index in [9.17, 15) is 22.8 Å². The maximum absolute atomic E-state index is 12.6. The van der Waals surface area contributed by atoms with Gasteiger partial charge in [0, 0.05) is 16.4 Å². The molecule has 8 fully saturated rings. The molecule has 10 rings (SSSR count). The second-order valence-electron chi connectivity index (χ2n) is 15.3. The standard InChI is InChI=1S/C18H22ClNO2.C18H20F3NO2/c1-11-4-15(19)2-3-16(11)20-17(21)22-18-8-12-5-13(9-18)7-14(6-12)10-18;19-18(20,21)14-1-3-15(4-2-14)22-16(23)24-17-8-11-5-12(9-17)7-13(6-11)10-17/h2-4,12-14H,5-10H2,1H3,(H,20,21);1-4,11-13H,5-10H2,(H,22,23). The minimum atomic E-state index is -4.38. The lowest BCUT2D eigenvalue weighted by Gasteiger charge is -2.55. The number of hydrogen-bond acceptors (Lipinski definition) is 4. The van der Waals surface area contributed by atoms with Crippen LogP contribution in [0.1, 0.15) is 88.2 Å². The minimum absolute atomic E-state index is 0.195. The zero-order valence-electron chi connectivity index (χ0n) is 26.1. The Kier molecular flexibility index (Phi) is 8.22. The van der Waals surface area contributed by atoms with Crippen molar-refractivity contribution >= 4 is 35.2 Å². The molecular formula is C36H42ClF3N2O4. The lowest BCUT2D eigenvalue weighted by atomic mass is 9.54. The Morgan fingerprint density at radius 3 is 1.50 bits per heavy atom. The van der Waals surface area contributed by atoms with Crippen molar-refractivity contribution in [2.24, 2.45) is 35.5 Å². The highest BCUT2D eigenvalue weighted by molar-refractivity contribution is 6.30. The van der Waals surface area contributed by atoms with Crippen molar-refractivity contribution in [2.45, 2.75) is 101 Å². The van der Waals surface area contributed by atoms with Crippen molar-refractivity contribution < 1.29 is 32.2 Å². The zero-order valence-corrected chi connectivity index (χ0v) is 26.9. The topological polar surface area (TPSA) is 76.7 Å². The van der Waals surface area contributed by atoms with Crippen molar-refractivity contribution in [1.29, 1.82) is 0 Å². The highest BCUT2D eigenvalue weighted by atomic mass is 35.5. The first-order chi connectivity index (χ1) is 21.8. The number of alkyl halides is 3. The predicted octanol–water partition coefficient (Wildman–Crippen LogP) is 10.4. The number of carbonyl (C=O) groups is 2. The van der Waals surface area contributed by atoms with Crippen LogP contribution in [-0.4, -0.2) is 23.4 Å². The van der Waals surface area contributed by atoms with Gasteiger partial charge in [-0.2, -0.15) is 13.2 Å². The van der Waals surface area contributed by atoms with Gasteiger partial charge in [0.25, 0.3) is 0 Å². The molecule has 0 aromatic heterocycles. The Morgan fingerprint density at radius 2 is 1.11 bits per heavy atom. The number of anilines is 2. The molecule has 2 amide bonds. The van der Waals surface area contributed by atoms with Gasteiger partial charge in [-0.1, -0.05) is 11.6 Å². The smallest absolute Gasteiger partial charge is 0.416 e. The van der Waals surface area contributed by atoms with E-state index in [0.29, 0.717) is 28.5 Å². The summed E-state index contributed by atoms with van der Waals surface area (Å²) in [6.45, 7) is 1.94. The third-order valence-electron chi connectivity index (χ3n) is 11.5. The SMILES string of the molecule is Cc1cc(Cl)ccc1NC(=O)OC12CC3CC(CC(C3)C1)C2.O=C(Nc1ccc(C(F)(F)F)cc1)OC12CC3CC(CC(C3)C1)C2. The number of benzene rings is 2. The molecule has 2 aromatic carbocycles. The molecule has 2 aromatic rings. The fourth-order valence-electron chi connectivity index (χ4n) is 10.5. The quantitative estimate of drug-likeness (QED) is 0.343. The van der Waals surface area contributed by atoms with Gasteiger partial charge in [-0.15, -0.1) is 0 Å². The molecule has 6 nitrogen and oxygen atoms in total. The molecule has 8 bridgehead atoms. The van der Waals surface area contributed by atoms with Crippen molar-refractivity contribution in [3.8, 4) is 0 Å². The van der Waals surface area contributed by atoms with Crippen molar-refractivity contribution in [3.05, 3.63) is 58.6 Å².